The number of sulfonamides is 1. The van der Waals surface area contributed by atoms with Gasteiger partial charge in [-0.2, -0.15) is 13.2 Å². The molecule has 8 nitrogen and oxygen atoms in total. The van der Waals surface area contributed by atoms with Crippen LogP contribution in [-0.4, -0.2) is 33.6 Å². The molecule has 0 saturated carbocycles. The highest BCUT2D eigenvalue weighted by atomic mass is 79.9. The van der Waals surface area contributed by atoms with Crippen LogP contribution in [0.15, 0.2) is 45.9 Å². The fraction of sp³-hybridized carbons (Fsp3) is 0.182. The summed E-state index contributed by atoms with van der Waals surface area (Å²) >= 11 is 3.15. The minimum Gasteiger partial charge on any atom is -0.494 e. The summed E-state index contributed by atoms with van der Waals surface area (Å²) in [5.74, 6) is -2.34. The molecule has 0 fully saturated rings. The highest BCUT2D eigenvalue weighted by molar-refractivity contribution is 9.10. The van der Waals surface area contributed by atoms with Crippen molar-refractivity contribution < 1.29 is 45.0 Å². The zero-order valence-electron chi connectivity index (χ0n) is 18.4. The molecule has 0 unspecified atom stereocenters. The SMILES string of the molecule is COc1cc(F)c2cc1NS(=O)(=O)c1cc(cc(Br)c1OC)C(=O)OCc1cc(C(F)(F)F)ncc1-2. The number of benzene rings is 2. The second kappa shape index (κ2) is 9.24. The quantitative estimate of drug-likeness (QED) is 0.325. The standard InChI is InChI=1S/C22H15BrF4N2O6S/c1-33-17-7-15(24)12-6-16(17)29-36(31,32)18-4-10(3-14(23)20(18)34-2)21(30)35-9-11-5-19(22(25,26)27)28-8-13(11)12/h3-8,29H,9H2,1-2H3. The fourth-order valence-corrected chi connectivity index (χ4v) is 5.57. The number of cyclic esters (lactones) is 1. The first-order chi connectivity index (χ1) is 16.9. The molecule has 14 heteroatoms. The number of ether oxygens (including phenoxy) is 3. The molecule has 0 spiro atoms. The Morgan fingerprint density at radius 2 is 1.81 bits per heavy atom. The van der Waals surface area contributed by atoms with E-state index in [1.807, 2.05) is 0 Å². The van der Waals surface area contributed by atoms with E-state index in [0.29, 0.717) is 6.07 Å². The second-order valence-electron chi connectivity index (χ2n) is 7.43. The minimum atomic E-state index is -4.82. The van der Waals surface area contributed by atoms with Crippen molar-refractivity contribution in [1.29, 1.82) is 0 Å². The molecule has 0 amide bonds. The Kier molecular flexibility index (Phi) is 6.60. The summed E-state index contributed by atoms with van der Waals surface area (Å²) < 4.78 is 99.4. The number of pyridine rings is 1. The van der Waals surface area contributed by atoms with Gasteiger partial charge in [-0.25, -0.2) is 17.6 Å². The molecular weight excluding hydrogens is 576 g/mol. The maximum Gasteiger partial charge on any atom is 0.433 e. The molecule has 2 aromatic carbocycles. The van der Waals surface area contributed by atoms with Crippen LogP contribution >= 0.6 is 15.9 Å². The summed E-state index contributed by atoms with van der Waals surface area (Å²) in [7, 11) is -2.09. The molecule has 0 saturated heterocycles. The number of methoxy groups -OCH3 is 2. The molecule has 0 radical (unpaired) electrons. The number of hydrogen-bond donors (Lipinski definition) is 1. The first kappa shape index (κ1) is 25.7. The lowest BCUT2D eigenvalue weighted by Gasteiger charge is -2.17. The van der Waals surface area contributed by atoms with Gasteiger partial charge in [-0.3, -0.25) is 9.71 Å². The number of rotatable bonds is 2. The summed E-state index contributed by atoms with van der Waals surface area (Å²) in [6, 6.07) is 4.76. The Morgan fingerprint density at radius 3 is 2.44 bits per heavy atom. The molecule has 0 aliphatic carbocycles. The van der Waals surface area contributed by atoms with Gasteiger partial charge >= 0.3 is 12.1 Å². The largest absolute Gasteiger partial charge is 0.494 e. The Balaban J connectivity index is 2.03. The number of carbonyl (C=O) groups is 1. The van der Waals surface area contributed by atoms with Crippen LogP contribution in [0.25, 0.3) is 11.1 Å². The first-order valence-electron chi connectivity index (χ1n) is 9.87. The zero-order chi connectivity index (χ0) is 26.4. The van der Waals surface area contributed by atoms with Gasteiger partial charge in [0.2, 0.25) is 0 Å². The summed E-state index contributed by atoms with van der Waals surface area (Å²) in [5, 5.41) is 0. The lowest BCUT2D eigenvalue weighted by molar-refractivity contribution is -0.141. The van der Waals surface area contributed by atoms with Crippen LogP contribution in [-0.2, 0) is 27.5 Å². The van der Waals surface area contributed by atoms with Gasteiger partial charge < -0.3 is 14.2 Å². The topological polar surface area (TPSA) is 104 Å². The highest BCUT2D eigenvalue weighted by Crippen LogP contribution is 2.40. The third-order valence-electron chi connectivity index (χ3n) is 5.20. The molecule has 2 heterocycles. The number of aromatic nitrogens is 1. The van der Waals surface area contributed by atoms with E-state index in [9.17, 15) is 26.4 Å². The van der Waals surface area contributed by atoms with E-state index in [4.69, 9.17) is 14.2 Å². The molecule has 1 aromatic heterocycles. The van der Waals surface area contributed by atoms with Crippen molar-refractivity contribution in [1.82, 2.24) is 4.98 Å². The Labute approximate surface area is 210 Å². The normalized spacial score (nSPS) is 14.8. The van der Waals surface area contributed by atoms with Crippen LogP contribution in [0.2, 0.25) is 0 Å². The maximum absolute atomic E-state index is 15.1. The number of nitrogens with zero attached hydrogens (tertiary/aromatic N) is 1. The summed E-state index contributed by atoms with van der Waals surface area (Å²) in [5.41, 5.74) is -2.42. The second-order valence-corrected chi connectivity index (χ2v) is 9.93. The van der Waals surface area contributed by atoms with Crippen molar-refractivity contribution in [3.63, 3.8) is 0 Å². The van der Waals surface area contributed by atoms with Crippen molar-refractivity contribution >= 4 is 37.6 Å². The lowest BCUT2D eigenvalue weighted by atomic mass is 10.00. The number of hydrogen-bond acceptors (Lipinski definition) is 7. The van der Waals surface area contributed by atoms with Crippen LogP contribution in [0, 0.1) is 5.82 Å². The molecule has 1 N–H and O–H groups in total. The van der Waals surface area contributed by atoms with Crippen LogP contribution in [0.3, 0.4) is 0 Å². The number of anilines is 1. The van der Waals surface area contributed by atoms with Crippen molar-refractivity contribution in [2.45, 2.75) is 17.7 Å². The molecular formula is C22H15BrF4N2O6S. The number of nitrogens with one attached hydrogen (secondary N) is 1. The van der Waals surface area contributed by atoms with Crippen LogP contribution in [0.4, 0.5) is 23.2 Å². The Morgan fingerprint density at radius 1 is 1.08 bits per heavy atom. The lowest BCUT2D eigenvalue weighted by Crippen LogP contribution is -2.16. The van der Waals surface area contributed by atoms with Crippen LogP contribution in [0.5, 0.6) is 11.5 Å². The molecule has 190 valence electrons. The molecule has 1 aliphatic rings. The molecule has 3 aromatic rings. The van der Waals surface area contributed by atoms with E-state index >= 15 is 4.39 Å². The van der Waals surface area contributed by atoms with Crippen molar-refractivity contribution in [3.05, 3.63) is 63.6 Å². The molecule has 4 rings (SSSR count). The van der Waals surface area contributed by atoms with E-state index in [-0.39, 0.29) is 43.9 Å². The summed E-state index contributed by atoms with van der Waals surface area (Å²) in [6.07, 6.45) is -4.05. The minimum absolute atomic E-state index is 0.0883. The van der Waals surface area contributed by atoms with Gasteiger partial charge in [-0.15, -0.1) is 0 Å². The highest BCUT2D eigenvalue weighted by Gasteiger charge is 2.34. The van der Waals surface area contributed by atoms with Crippen molar-refractivity contribution in [2.75, 3.05) is 18.9 Å². The molecule has 1 aliphatic heterocycles. The smallest absolute Gasteiger partial charge is 0.433 e. The predicted molar refractivity (Wildman–Crippen MR) is 122 cm³/mol. The van der Waals surface area contributed by atoms with E-state index < -0.39 is 45.2 Å². The van der Waals surface area contributed by atoms with Crippen molar-refractivity contribution in [2.24, 2.45) is 0 Å². The monoisotopic (exact) mass is 590 g/mol. The van der Waals surface area contributed by atoms with Crippen LogP contribution in [0.1, 0.15) is 21.6 Å². The third kappa shape index (κ3) is 4.69. The number of carbonyl (C=O) groups excluding carboxylic acids is 1. The van der Waals surface area contributed by atoms with Crippen molar-refractivity contribution in [3.8, 4) is 22.6 Å². The van der Waals surface area contributed by atoms with Gasteiger partial charge in [0.25, 0.3) is 10.0 Å². The average Bonchev–Trinajstić information content (AvgIpc) is 2.81. The third-order valence-corrected chi connectivity index (χ3v) is 7.16. The van der Waals surface area contributed by atoms with E-state index in [0.717, 1.165) is 24.4 Å². The predicted octanol–water partition coefficient (Wildman–Crippen LogP) is 5.16. The number of alkyl halides is 3. The average molecular weight is 591 g/mol. The number of fused-ring (bicyclic) bond motifs is 6. The van der Waals surface area contributed by atoms with Gasteiger partial charge in [0.1, 0.15) is 28.8 Å². The maximum atomic E-state index is 15.1. The zero-order valence-corrected chi connectivity index (χ0v) is 20.8. The van der Waals surface area contributed by atoms with Crippen LogP contribution < -0.4 is 14.2 Å². The van der Waals surface area contributed by atoms with Gasteiger partial charge in [0, 0.05) is 29.0 Å². The van der Waals surface area contributed by atoms with E-state index in [1.54, 1.807) is 0 Å². The Hall–Kier alpha value is -3.39. The van der Waals surface area contributed by atoms with Gasteiger partial charge in [0.15, 0.2) is 5.75 Å². The number of esters is 1. The molecule has 36 heavy (non-hydrogen) atoms. The summed E-state index contributed by atoms with van der Waals surface area (Å²) in [4.78, 5) is 15.7. The fourth-order valence-electron chi connectivity index (χ4n) is 3.53. The molecule has 0 atom stereocenters. The summed E-state index contributed by atoms with van der Waals surface area (Å²) in [6.45, 7) is -0.695. The van der Waals surface area contributed by atoms with Gasteiger partial charge in [-0.05, 0) is 40.2 Å². The molecule has 4 bridgehead atoms. The first-order valence-corrected chi connectivity index (χ1v) is 12.1. The van der Waals surface area contributed by atoms with Gasteiger partial charge in [0.05, 0.1) is 29.9 Å². The number of halogens is 5. The van der Waals surface area contributed by atoms with E-state index in [2.05, 4.69) is 25.6 Å². The Bertz CT molecular complexity index is 1490. The van der Waals surface area contributed by atoms with E-state index in [1.165, 1.54) is 20.3 Å². The van der Waals surface area contributed by atoms with Gasteiger partial charge in [-0.1, -0.05) is 0 Å².